The molecule has 0 bridgehead atoms. The number of anilines is 2. The molecule has 0 aromatic carbocycles. The zero-order chi connectivity index (χ0) is 16.8. The van der Waals surface area contributed by atoms with Gasteiger partial charge in [0.2, 0.25) is 0 Å². The summed E-state index contributed by atoms with van der Waals surface area (Å²) >= 11 is 0. The summed E-state index contributed by atoms with van der Waals surface area (Å²) in [5.41, 5.74) is 1.92. The number of hydrogen-bond donors (Lipinski definition) is 1. The van der Waals surface area contributed by atoms with E-state index in [1.54, 1.807) is 4.52 Å². The van der Waals surface area contributed by atoms with Crippen LogP contribution in [0.3, 0.4) is 0 Å². The largest absolute Gasteiger partial charge is 0.368 e. The lowest BCUT2D eigenvalue weighted by Gasteiger charge is -2.40. The van der Waals surface area contributed by atoms with Gasteiger partial charge in [0.25, 0.3) is 0 Å². The number of aromatic nitrogens is 6. The normalized spacial score (nSPS) is 17.7. The van der Waals surface area contributed by atoms with Crippen molar-refractivity contribution < 1.29 is 0 Å². The van der Waals surface area contributed by atoms with Gasteiger partial charge in [-0.25, -0.2) is 0 Å². The van der Waals surface area contributed by atoms with E-state index < -0.39 is 0 Å². The van der Waals surface area contributed by atoms with Crippen LogP contribution < -0.4 is 10.2 Å². The predicted octanol–water partition coefficient (Wildman–Crippen LogP) is 1.65. The Labute approximate surface area is 145 Å². The first kappa shape index (κ1) is 14.6. The molecule has 8 nitrogen and oxygen atoms in total. The smallest absolute Gasteiger partial charge is 0.178 e. The molecular weight excluding hydrogens is 316 g/mol. The fourth-order valence-electron chi connectivity index (χ4n) is 3.23. The van der Waals surface area contributed by atoms with Crippen LogP contribution in [0.1, 0.15) is 30.3 Å². The molecule has 3 aromatic rings. The second-order valence-corrected chi connectivity index (χ2v) is 6.98. The molecule has 8 heteroatoms. The van der Waals surface area contributed by atoms with Gasteiger partial charge in [-0.1, -0.05) is 0 Å². The Morgan fingerprint density at radius 3 is 2.68 bits per heavy atom. The van der Waals surface area contributed by atoms with Gasteiger partial charge in [0.1, 0.15) is 5.82 Å². The number of nitrogens with zero attached hydrogens (tertiary/aromatic N) is 7. The molecule has 1 N–H and O–H groups in total. The van der Waals surface area contributed by atoms with Crippen molar-refractivity contribution >= 4 is 17.3 Å². The zero-order valence-corrected chi connectivity index (χ0v) is 14.1. The van der Waals surface area contributed by atoms with Crippen LogP contribution in [0.15, 0.2) is 24.3 Å². The van der Waals surface area contributed by atoms with E-state index in [9.17, 15) is 0 Å². The quantitative estimate of drug-likeness (QED) is 0.758. The van der Waals surface area contributed by atoms with Crippen molar-refractivity contribution in [2.45, 2.75) is 25.7 Å². The summed E-state index contributed by atoms with van der Waals surface area (Å²) in [4.78, 5) is 2.27. The second-order valence-electron chi connectivity index (χ2n) is 6.98. The van der Waals surface area contributed by atoms with Gasteiger partial charge in [0.15, 0.2) is 17.3 Å². The molecule has 0 unspecified atom stereocenters. The first-order chi connectivity index (χ1) is 12.3. The number of fused-ring (bicyclic) bond motifs is 1. The van der Waals surface area contributed by atoms with E-state index in [2.05, 4.69) is 47.8 Å². The second kappa shape index (κ2) is 5.65. The van der Waals surface area contributed by atoms with Crippen LogP contribution in [0, 0.1) is 12.8 Å². The van der Waals surface area contributed by atoms with E-state index in [1.165, 1.54) is 12.8 Å². The van der Waals surface area contributed by atoms with Crippen LogP contribution in [0.4, 0.5) is 11.6 Å². The summed E-state index contributed by atoms with van der Waals surface area (Å²) in [6.07, 6.45) is 2.53. The highest BCUT2D eigenvalue weighted by Gasteiger charge is 2.29. The molecule has 1 aliphatic heterocycles. The lowest BCUT2D eigenvalue weighted by molar-refractivity contribution is 0.425. The number of hydrogen-bond acceptors (Lipinski definition) is 7. The summed E-state index contributed by atoms with van der Waals surface area (Å²) in [7, 11) is 0. The Bertz CT molecular complexity index is 893. The summed E-state index contributed by atoms with van der Waals surface area (Å²) in [5.74, 6) is 3.88. The Balaban J connectivity index is 1.16. The minimum Gasteiger partial charge on any atom is -0.368 e. The number of aryl methyl sites for hydroxylation is 1. The molecule has 3 aromatic heterocycles. The molecule has 4 heterocycles. The van der Waals surface area contributed by atoms with Crippen molar-refractivity contribution in [1.82, 2.24) is 30.0 Å². The maximum Gasteiger partial charge on any atom is 0.178 e. The molecular formula is C17H20N8. The molecule has 0 radical (unpaired) electrons. The first-order valence-electron chi connectivity index (χ1n) is 8.78. The van der Waals surface area contributed by atoms with Crippen LogP contribution in [0.2, 0.25) is 0 Å². The molecule has 2 aliphatic rings. The van der Waals surface area contributed by atoms with Gasteiger partial charge in [-0.05, 0) is 44.0 Å². The van der Waals surface area contributed by atoms with E-state index in [-0.39, 0.29) is 0 Å². The molecule has 1 saturated heterocycles. The van der Waals surface area contributed by atoms with Crippen molar-refractivity contribution in [2.75, 3.05) is 29.9 Å². The lowest BCUT2D eigenvalue weighted by Crippen LogP contribution is -2.50. The molecule has 1 aliphatic carbocycles. The van der Waals surface area contributed by atoms with Gasteiger partial charge in [-0.3, -0.25) is 0 Å². The highest BCUT2D eigenvalue weighted by atomic mass is 15.4. The fourth-order valence-corrected chi connectivity index (χ4v) is 3.23. The van der Waals surface area contributed by atoms with Crippen LogP contribution in [-0.2, 0) is 0 Å². The monoisotopic (exact) mass is 336 g/mol. The molecule has 0 amide bonds. The molecule has 0 spiro atoms. The Morgan fingerprint density at radius 2 is 1.92 bits per heavy atom. The van der Waals surface area contributed by atoms with Crippen molar-refractivity contribution in [3.05, 3.63) is 35.8 Å². The van der Waals surface area contributed by atoms with Crippen molar-refractivity contribution in [2.24, 2.45) is 5.92 Å². The first-order valence-corrected chi connectivity index (χ1v) is 8.78. The SMILES string of the molecule is Cc1nnc2ccc(NCC3CN(c4ccc(C5CC5)nn4)C3)nn12. The van der Waals surface area contributed by atoms with Gasteiger partial charge >= 0.3 is 0 Å². The van der Waals surface area contributed by atoms with Crippen LogP contribution in [-0.4, -0.2) is 49.6 Å². The maximum absolute atomic E-state index is 4.52. The van der Waals surface area contributed by atoms with Crippen molar-refractivity contribution in [3.63, 3.8) is 0 Å². The number of rotatable bonds is 5. The fraction of sp³-hybridized carbons (Fsp3) is 0.471. The standard InChI is InChI=1S/C17H20N8/c1-11-19-22-17-7-5-15(23-25(11)17)18-8-12-9-24(10-12)16-6-4-14(20-21-16)13-2-3-13/h4-7,12-13H,2-3,8-10H2,1H3,(H,18,23). The Morgan fingerprint density at radius 1 is 1.04 bits per heavy atom. The van der Waals surface area contributed by atoms with Gasteiger partial charge < -0.3 is 10.2 Å². The number of nitrogens with one attached hydrogen (secondary N) is 1. The molecule has 5 rings (SSSR count). The van der Waals surface area contributed by atoms with Crippen LogP contribution >= 0.6 is 0 Å². The lowest BCUT2D eigenvalue weighted by atomic mass is 10.0. The maximum atomic E-state index is 4.52. The molecule has 25 heavy (non-hydrogen) atoms. The summed E-state index contributed by atoms with van der Waals surface area (Å²) in [6.45, 7) is 4.79. The molecule has 2 fully saturated rings. The molecule has 1 saturated carbocycles. The van der Waals surface area contributed by atoms with E-state index >= 15 is 0 Å². The molecule has 128 valence electrons. The predicted molar refractivity (Wildman–Crippen MR) is 93.7 cm³/mol. The van der Waals surface area contributed by atoms with E-state index in [4.69, 9.17) is 0 Å². The van der Waals surface area contributed by atoms with Gasteiger partial charge in [-0.2, -0.15) is 9.61 Å². The van der Waals surface area contributed by atoms with E-state index in [0.717, 1.165) is 48.4 Å². The third-order valence-electron chi connectivity index (χ3n) is 4.94. The summed E-state index contributed by atoms with van der Waals surface area (Å²) in [6, 6.07) is 8.11. The van der Waals surface area contributed by atoms with Gasteiger partial charge in [-0.15, -0.1) is 20.4 Å². The van der Waals surface area contributed by atoms with Crippen LogP contribution in [0.5, 0.6) is 0 Å². The highest BCUT2D eigenvalue weighted by Crippen LogP contribution is 2.38. The Hall–Kier alpha value is -2.77. The van der Waals surface area contributed by atoms with Gasteiger partial charge in [0, 0.05) is 31.5 Å². The summed E-state index contributed by atoms with van der Waals surface area (Å²) in [5, 5.41) is 24.7. The minimum atomic E-state index is 0.587. The minimum absolute atomic E-state index is 0.587. The average molecular weight is 336 g/mol. The average Bonchev–Trinajstić information content (AvgIpc) is 3.39. The zero-order valence-electron chi connectivity index (χ0n) is 14.1. The third kappa shape index (κ3) is 2.77. The van der Waals surface area contributed by atoms with E-state index in [1.807, 2.05) is 19.1 Å². The molecule has 0 atom stereocenters. The topological polar surface area (TPSA) is 84.1 Å². The van der Waals surface area contributed by atoms with Gasteiger partial charge in [0.05, 0.1) is 5.69 Å². The van der Waals surface area contributed by atoms with Crippen molar-refractivity contribution in [3.8, 4) is 0 Å². The van der Waals surface area contributed by atoms with Crippen LogP contribution in [0.25, 0.3) is 5.65 Å². The third-order valence-corrected chi connectivity index (χ3v) is 4.94. The van der Waals surface area contributed by atoms with E-state index in [0.29, 0.717) is 11.8 Å². The highest BCUT2D eigenvalue weighted by molar-refractivity contribution is 5.45. The van der Waals surface area contributed by atoms with Crippen molar-refractivity contribution in [1.29, 1.82) is 0 Å². The summed E-state index contributed by atoms with van der Waals surface area (Å²) < 4.78 is 1.76. The Kier molecular flexibility index (Phi) is 3.29.